The molecule has 0 saturated carbocycles. The van der Waals surface area contributed by atoms with E-state index in [1.807, 2.05) is 0 Å². The molecule has 10 nitrogen and oxygen atoms in total. The Hall–Kier alpha value is -4.50. The molecule has 4 aromatic rings. The van der Waals surface area contributed by atoms with Crippen LogP contribution in [0.25, 0.3) is 11.3 Å². The van der Waals surface area contributed by atoms with Gasteiger partial charge in [-0.25, -0.2) is 36.5 Å². The van der Waals surface area contributed by atoms with Crippen LogP contribution in [0.3, 0.4) is 0 Å². The first-order chi connectivity index (χ1) is 20.9. The van der Waals surface area contributed by atoms with Crippen molar-refractivity contribution in [2.45, 2.75) is 30.8 Å². The van der Waals surface area contributed by atoms with Crippen molar-refractivity contribution in [3.63, 3.8) is 0 Å². The van der Waals surface area contributed by atoms with Crippen molar-refractivity contribution in [2.75, 3.05) is 30.2 Å². The minimum Gasteiger partial charge on any atom is -0.497 e. The Morgan fingerprint density at radius 3 is 2.66 bits per heavy atom. The van der Waals surface area contributed by atoms with E-state index >= 15 is 13.2 Å². The average molecular weight is 633 g/mol. The average Bonchev–Trinajstić information content (AvgIpc) is 2.98. The van der Waals surface area contributed by atoms with Gasteiger partial charge in [-0.2, -0.15) is 4.39 Å². The maximum Gasteiger partial charge on any atom is 0.237 e. The maximum atomic E-state index is 15.1. The number of methoxy groups -OCH3 is 1. The summed E-state index contributed by atoms with van der Waals surface area (Å²) in [5.41, 5.74) is -1.82. The minimum absolute atomic E-state index is 0.190. The molecule has 1 fully saturated rings. The molecule has 2 aromatic heterocycles. The molecule has 1 saturated heterocycles. The normalized spacial score (nSPS) is 18.5. The van der Waals surface area contributed by atoms with Crippen molar-refractivity contribution in [1.82, 2.24) is 20.3 Å². The highest BCUT2D eigenvalue weighted by Gasteiger charge is 2.32. The number of hydrogen-bond donors (Lipinski definition) is 3. The monoisotopic (exact) mass is 632 g/mol. The summed E-state index contributed by atoms with van der Waals surface area (Å²) in [4.78, 5) is 12.7. The maximum absolute atomic E-state index is 15.1. The third-order valence-electron chi connectivity index (χ3n) is 6.67. The van der Waals surface area contributed by atoms with E-state index in [1.54, 1.807) is 29.0 Å². The standard InChI is InChI=1S/C29H28F4N6O4S/c1-29(33)13-18(14-34-16-29)37-28-36-10-8-22(38-28)20-7-4-9-35-27(20)43-23-12-21(30)26(25(32)24(23)31)39-44(40,41)15-17-5-3-6-19(11-17)42-2/h3-12,18,34,39H,13-16H2,1-2H3,(H,36,37,38)/t18-,29-/m0/s1. The molecule has 0 aliphatic carbocycles. The van der Waals surface area contributed by atoms with Gasteiger partial charge in [0.05, 0.1) is 24.1 Å². The quantitative estimate of drug-likeness (QED) is 0.160. The number of halogens is 4. The van der Waals surface area contributed by atoms with E-state index in [2.05, 4.69) is 25.6 Å². The number of benzene rings is 2. The lowest BCUT2D eigenvalue weighted by atomic mass is 9.95. The van der Waals surface area contributed by atoms with Gasteiger partial charge in [0.25, 0.3) is 0 Å². The molecular weight excluding hydrogens is 604 g/mol. The number of anilines is 2. The second-order valence-corrected chi connectivity index (χ2v) is 12.1. The summed E-state index contributed by atoms with van der Waals surface area (Å²) in [6.07, 6.45) is 3.00. The number of nitrogens with one attached hydrogen (secondary N) is 3. The third-order valence-corrected chi connectivity index (χ3v) is 7.90. The minimum atomic E-state index is -4.36. The van der Waals surface area contributed by atoms with Crippen LogP contribution >= 0.6 is 0 Å². The van der Waals surface area contributed by atoms with Gasteiger partial charge < -0.3 is 20.1 Å². The number of alkyl halides is 1. The summed E-state index contributed by atoms with van der Waals surface area (Å²) >= 11 is 0. The Morgan fingerprint density at radius 1 is 1.07 bits per heavy atom. The molecule has 15 heteroatoms. The number of hydrogen-bond acceptors (Lipinski definition) is 9. The van der Waals surface area contributed by atoms with E-state index in [0.29, 0.717) is 18.4 Å². The fourth-order valence-corrected chi connectivity index (χ4v) is 5.90. The number of pyridine rings is 1. The highest BCUT2D eigenvalue weighted by atomic mass is 32.2. The van der Waals surface area contributed by atoms with E-state index in [0.717, 1.165) is 0 Å². The first-order valence-electron chi connectivity index (χ1n) is 13.4. The van der Waals surface area contributed by atoms with Crippen LogP contribution in [0.4, 0.5) is 29.2 Å². The molecule has 0 unspecified atom stereocenters. The molecule has 0 amide bonds. The van der Waals surface area contributed by atoms with Crippen molar-refractivity contribution in [3.8, 4) is 28.6 Å². The van der Waals surface area contributed by atoms with Crippen LogP contribution in [0.1, 0.15) is 18.9 Å². The van der Waals surface area contributed by atoms with Gasteiger partial charge in [0.15, 0.2) is 17.4 Å². The van der Waals surface area contributed by atoms with E-state index < -0.39 is 50.3 Å². The van der Waals surface area contributed by atoms with Crippen LogP contribution in [0.5, 0.6) is 17.4 Å². The van der Waals surface area contributed by atoms with E-state index in [4.69, 9.17) is 9.47 Å². The summed E-state index contributed by atoms with van der Waals surface area (Å²) in [7, 11) is -2.96. The van der Waals surface area contributed by atoms with Crippen LogP contribution in [0.2, 0.25) is 0 Å². The van der Waals surface area contributed by atoms with Crippen LogP contribution in [-0.4, -0.2) is 55.3 Å². The summed E-state index contributed by atoms with van der Waals surface area (Å²) < 4.78 is 97.3. The Kier molecular flexibility index (Phi) is 8.87. The summed E-state index contributed by atoms with van der Waals surface area (Å²) in [5, 5.41) is 6.09. The highest BCUT2D eigenvalue weighted by molar-refractivity contribution is 7.91. The molecule has 0 bridgehead atoms. The molecule has 3 N–H and O–H groups in total. The van der Waals surface area contributed by atoms with Gasteiger partial charge in [-0.05, 0) is 42.8 Å². The molecule has 2 atom stereocenters. The topological polar surface area (TPSA) is 127 Å². The second-order valence-electron chi connectivity index (χ2n) is 10.4. The number of nitrogens with zero attached hydrogens (tertiary/aromatic N) is 3. The van der Waals surface area contributed by atoms with Crippen molar-refractivity contribution >= 4 is 21.7 Å². The van der Waals surface area contributed by atoms with Crippen LogP contribution in [0, 0.1) is 17.5 Å². The third kappa shape index (κ3) is 7.34. The van der Waals surface area contributed by atoms with Crippen LogP contribution in [0.15, 0.2) is 60.9 Å². The molecule has 232 valence electrons. The SMILES string of the molecule is COc1cccc(CS(=O)(=O)Nc2c(F)cc(Oc3ncccc3-c3ccnc(N[C@@H]4CNC[C@@](C)(F)C4)n3)c(F)c2F)c1. The zero-order chi connectivity index (χ0) is 31.5. The lowest BCUT2D eigenvalue weighted by molar-refractivity contribution is 0.137. The van der Waals surface area contributed by atoms with Crippen LogP contribution in [-0.2, 0) is 15.8 Å². The first kappa shape index (κ1) is 30.9. The zero-order valence-electron chi connectivity index (χ0n) is 23.6. The smallest absolute Gasteiger partial charge is 0.237 e. The van der Waals surface area contributed by atoms with Gasteiger partial charge in [0, 0.05) is 44.0 Å². The number of ether oxygens (including phenoxy) is 2. The fourth-order valence-electron chi connectivity index (χ4n) is 4.71. The molecule has 0 radical (unpaired) electrons. The molecule has 1 aliphatic rings. The molecule has 0 spiro atoms. The van der Waals surface area contributed by atoms with Gasteiger partial charge in [-0.15, -0.1) is 0 Å². The summed E-state index contributed by atoms with van der Waals surface area (Å²) in [6.45, 7) is 2.23. The predicted octanol–water partition coefficient (Wildman–Crippen LogP) is 5.20. The molecule has 5 rings (SSSR count). The second kappa shape index (κ2) is 12.6. The molecule has 1 aliphatic heterocycles. The summed E-state index contributed by atoms with van der Waals surface area (Å²) in [5.74, 6) is -6.06. The van der Waals surface area contributed by atoms with Crippen molar-refractivity contribution in [2.24, 2.45) is 0 Å². The van der Waals surface area contributed by atoms with Gasteiger partial charge in [-0.3, -0.25) is 4.72 Å². The molecule has 44 heavy (non-hydrogen) atoms. The van der Waals surface area contributed by atoms with E-state index in [9.17, 15) is 12.8 Å². The number of aromatic nitrogens is 3. The number of rotatable bonds is 10. The highest BCUT2D eigenvalue weighted by Crippen LogP contribution is 2.36. The largest absolute Gasteiger partial charge is 0.497 e. The zero-order valence-corrected chi connectivity index (χ0v) is 24.4. The Morgan fingerprint density at radius 2 is 1.89 bits per heavy atom. The van der Waals surface area contributed by atoms with E-state index in [-0.39, 0.29) is 47.7 Å². The number of sulfonamides is 1. The first-order valence-corrected chi connectivity index (χ1v) is 15.0. The number of piperidine rings is 1. The van der Waals surface area contributed by atoms with Crippen LogP contribution < -0.4 is 24.8 Å². The van der Waals surface area contributed by atoms with Crippen molar-refractivity contribution in [3.05, 3.63) is 83.9 Å². The van der Waals surface area contributed by atoms with E-state index in [1.165, 1.54) is 44.6 Å². The molecule has 3 heterocycles. The van der Waals surface area contributed by atoms with Crippen molar-refractivity contribution < 1.29 is 35.5 Å². The Bertz CT molecular complexity index is 1780. The molecular formula is C29H28F4N6O4S. The van der Waals surface area contributed by atoms with Crippen molar-refractivity contribution in [1.29, 1.82) is 0 Å². The van der Waals surface area contributed by atoms with Gasteiger partial charge in [0.1, 0.15) is 17.1 Å². The van der Waals surface area contributed by atoms with Gasteiger partial charge in [-0.1, -0.05) is 12.1 Å². The van der Waals surface area contributed by atoms with Gasteiger partial charge >= 0.3 is 0 Å². The predicted molar refractivity (Wildman–Crippen MR) is 155 cm³/mol. The fraction of sp³-hybridized carbons (Fsp3) is 0.276. The lowest BCUT2D eigenvalue weighted by Gasteiger charge is -2.33. The van der Waals surface area contributed by atoms with Gasteiger partial charge in [0.2, 0.25) is 27.7 Å². The molecule has 2 aromatic carbocycles. The lowest BCUT2D eigenvalue weighted by Crippen LogP contribution is -2.50. The Labute approximate surface area is 250 Å². The summed E-state index contributed by atoms with van der Waals surface area (Å²) in [6, 6.07) is 10.9. The Balaban J connectivity index is 1.37.